The molecule has 0 aromatic heterocycles. The van der Waals surface area contributed by atoms with Crippen molar-refractivity contribution in [2.75, 3.05) is 32.7 Å². The highest BCUT2D eigenvalue weighted by atomic mass is 16.2. The molecule has 0 spiro atoms. The van der Waals surface area contributed by atoms with Gasteiger partial charge in [-0.05, 0) is 25.8 Å². The lowest BCUT2D eigenvalue weighted by Gasteiger charge is -2.40. The van der Waals surface area contributed by atoms with Crippen LogP contribution >= 0.6 is 0 Å². The summed E-state index contributed by atoms with van der Waals surface area (Å²) in [6, 6.07) is 0.463. The summed E-state index contributed by atoms with van der Waals surface area (Å²) in [6.45, 7) is 12.9. The van der Waals surface area contributed by atoms with Gasteiger partial charge < -0.3 is 10.6 Å². The van der Waals surface area contributed by atoms with Crippen LogP contribution in [0.4, 0.5) is 0 Å². The maximum absolute atomic E-state index is 12.4. The second-order valence-corrected chi connectivity index (χ2v) is 5.82. The van der Waals surface area contributed by atoms with Gasteiger partial charge in [0.15, 0.2) is 0 Å². The lowest BCUT2D eigenvalue weighted by atomic mass is 9.95. The van der Waals surface area contributed by atoms with Crippen LogP contribution in [-0.4, -0.2) is 54.5 Å². The number of hydrogen-bond acceptors (Lipinski definition) is 3. The van der Waals surface area contributed by atoms with Crippen molar-refractivity contribution in [3.63, 3.8) is 0 Å². The smallest absolute Gasteiger partial charge is 0.227 e. The number of carbonyl (C=O) groups excluding carboxylic acids is 1. The molecule has 0 bridgehead atoms. The average molecular weight is 255 g/mol. The number of rotatable bonds is 5. The van der Waals surface area contributed by atoms with E-state index >= 15 is 0 Å². The Bertz CT molecular complexity index is 268. The van der Waals surface area contributed by atoms with E-state index in [0.717, 1.165) is 32.6 Å². The molecule has 4 nitrogen and oxygen atoms in total. The molecule has 1 amide bonds. The summed E-state index contributed by atoms with van der Waals surface area (Å²) >= 11 is 0. The largest absolute Gasteiger partial charge is 0.340 e. The molecule has 1 aliphatic heterocycles. The number of carbonyl (C=O) groups is 1. The average Bonchev–Trinajstić information content (AvgIpc) is 2.34. The van der Waals surface area contributed by atoms with Gasteiger partial charge in [-0.15, -0.1) is 0 Å². The molecule has 18 heavy (non-hydrogen) atoms. The summed E-state index contributed by atoms with van der Waals surface area (Å²) in [7, 11) is 0. The summed E-state index contributed by atoms with van der Waals surface area (Å²) in [5.74, 6) is 0.788. The fourth-order valence-electron chi connectivity index (χ4n) is 2.79. The van der Waals surface area contributed by atoms with E-state index in [4.69, 9.17) is 5.73 Å². The van der Waals surface area contributed by atoms with E-state index in [1.54, 1.807) is 0 Å². The van der Waals surface area contributed by atoms with Gasteiger partial charge in [0.2, 0.25) is 5.91 Å². The third-order valence-corrected chi connectivity index (χ3v) is 3.87. The molecule has 0 radical (unpaired) electrons. The molecule has 0 aliphatic carbocycles. The fraction of sp³-hybridized carbons (Fsp3) is 0.929. The Hall–Kier alpha value is -0.610. The van der Waals surface area contributed by atoms with Crippen molar-refractivity contribution in [3.8, 4) is 0 Å². The molecule has 2 atom stereocenters. The van der Waals surface area contributed by atoms with E-state index in [9.17, 15) is 4.79 Å². The van der Waals surface area contributed by atoms with E-state index in [2.05, 4.69) is 32.6 Å². The van der Waals surface area contributed by atoms with E-state index in [1.165, 1.54) is 0 Å². The zero-order valence-electron chi connectivity index (χ0n) is 12.4. The molecular weight excluding hydrogens is 226 g/mol. The molecule has 2 unspecified atom stereocenters. The van der Waals surface area contributed by atoms with Crippen LogP contribution in [0.25, 0.3) is 0 Å². The molecular formula is C14H29N3O. The number of hydrogen-bond donors (Lipinski definition) is 1. The third kappa shape index (κ3) is 3.95. The lowest BCUT2D eigenvalue weighted by molar-refractivity contribution is -0.138. The van der Waals surface area contributed by atoms with Crippen LogP contribution in [0, 0.1) is 11.8 Å². The van der Waals surface area contributed by atoms with Gasteiger partial charge in [0.1, 0.15) is 0 Å². The quantitative estimate of drug-likeness (QED) is 0.802. The minimum atomic E-state index is 0.00498. The Morgan fingerprint density at radius 1 is 1.39 bits per heavy atom. The van der Waals surface area contributed by atoms with Crippen LogP contribution in [0.1, 0.15) is 34.1 Å². The normalized spacial score (nSPS) is 23.4. The van der Waals surface area contributed by atoms with Gasteiger partial charge >= 0.3 is 0 Å². The molecule has 0 aromatic rings. The van der Waals surface area contributed by atoms with Gasteiger partial charge in [0.25, 0.3) is 0 Å². The number of nitrogens with zero attached hydrogens (tertiary/aromatic N) is 2. The Labute approximate surface area is 111 Å². The van der Waals surface area contributed by atoms with Crippen molar-refractivity contribution >= 4 is 5.91 Å². The predicted octanol–water partition coefficient (Wildman–Crippen LogP) is 1.16. The molecule has 2 N–H and O–H groups in total. The third-order valence-electron chi connectivity index (χ3n) is 3.87. The number of amides is 1. The molecule has 1 heterocycles. The standard InChI is InChI=1S/C14H29N3O/c1-5-16-6-7-17(10-12(16)4)14(18)13(9-15)8-11(2)3/h11-13H,5-10,15H2,1-4H3. The zero-order chi connectivity index (χ0) is 13.7. The van der Waals surface area contributed by atoms with E-state index in [-0.39, 0.29) is 11.8 Å². The minimum absolute atomic E-state index is 0.00498. The minimum Gasteiger partial charge on any atom is -0.340 e. The van der Waals surface area contributed by atoms with Gasteiger partial charge in [0, 0.05) is 32.2 Å². The van der Waals surface area contributed by atoms with Crippen LogP contribution in [0.5, 0.6) is 0 Å². The summed E-state index contributed by atoms with van der Waals surface area (Å²) in [5.41, 5.74) is 5.76. The van der Waals surface area contributed by atoms with E-state index in [0.29, 0.717) is 18.5 Å². The summed E-state index contributed by atoms with van der Waals surface area (Å²) in [6.07, 6.45) is 0.901. The highest BCUT2D eigenvalue weighted by Crippen LogP contribution is 2.17. The first-order chi connectivity index (χ1) is 8.49. The molecule has 0 saturated carbocycles. The molecule has 1 saturated heterocycles. The molecule has 4 heteroatoms. The SMILES string of the molecule is CCN1CCN(C(=O)C(CN)CC(C)C)CC1C. The second kappa shape index (κ2) is 7.10. The fourth-order valence-corrected chi connectivity index (χ4v) is 2.79. The molecule has 1 aliphatic rings. The van der Waals surface area contributed by atoms with Crippen molar-refractivity contribution in [1.82, 2.24) is 9.80 Å². The van der Waals surface area contributed by atoms with Gasteiger partial charge in [-0.2, -0.15) is 0 Å². The van der Waals surface area contributed by atoms with Crippen LogP contribution in [0.15, 0.2) is 0 Å². The first-order valence-electron chi connectivity index (χ1n) is 7.22. The predicted molar refractivity (Wildman–Crippen MR) is 75.3 cm³/mol. The maximum Gasteiger partial charge on any atom is 0.227 e. The Kier molecular flexibility index (Phi) is 6.09. The number of piperazine rings is 1. The molecule has 1 rings (SSSR count). The van der Waals surface area contributed by atoms with E-state index in [1.807, 2.05) is 4.90 Å². The van der Waals surface area contributed by atoms with Crippen LogP contribution in [-0.2, 0) is 4.79 Å². The molecule has 106 valence electrons. The molecule has 0 aromatic carbocycles. The Morgan fingerprint density at radius 2 is 2.06 bits per heavy atom. The summed E-state index contributed by atoms with van der Waals surface area (Å²) < 4.78 is 0. The molecule has 1 fully saturated rings. The van der Waals surface area contributed by atoms with Crippen molar-refractivity contribution < 1.29 is 4.79 Å². The van der Waals surface area contributed by atoms with E-state index < -0.39 is 0 Å². The van der Waals surface area contributed by atoms with Crippen LogP contribution < -0.4 is 5.73 Å². The summed E-state index contributed by atoms with van der Waals surface area (Å²) in [5, 5.41) is 0. The van der Waals surface area contributed by atoms with Gasteiger partial charge in [-0.3, -0.25) is 9.69 Å². The number of nitrogens with two attached hydrogens (primary N) is 1. The van der Waals surface area contributed by atoms with Crippen molar-refractivity contribution in [1.29, 1.82) is 0 Å². The van der Waals surface area contributed by atoms with Crippen molar-refractivity contribution in [2.24, 2.45) is 17.6 Å². The van der Waals surface area contributed by atoms with Crippen LogP contribution in [0.2, 0.25) is 0 Å². The van der Waals surface area contributed by atoms with Crippen molar-refractivity contribution in [2.45, 2.75) is 40.2 Å². The Morgan fingerprint density at radius 3 is 2.50 bits per heavy atom. The first kappa shape index (κ1) is 15.4. The highest BCUT2D eigenvalue weighted by molar-refractivity contribution is 5.79. The van der Waals surface area contributed by atoms with Crippen LogP contribution in [0.3, 0.4) is 0 Å². The summed E-state index contributed by atoms with van der Waals surface area (Å²) in [4.78, 5) is 16.9. The topological polar surface area (TPSA) is 49.6 Å². The second-order valence-electron chi connectivity index (χ2n) is 5.82. The van der Waals surface area contributed by atoms with Crippen molar-refractivity contribution in [3.05, 3.63) is 0 Å². The number of likely N-dealkylation sites (N-methyl/N-ethyl adjacent to an activating group) is 1. The maximum atomic E-state index is 12.4. The van der Waals surface area contributed by atoms with Gasteiger partial charge in [-0.1, -0.05) is 20.8 Å². The Balaban J connectivity index is 2.56. The van der Waals surface area contributed by atoms with Gasteiger partial charge in [0.05, 0.1) is 5.92 Å². The monoisotopic (exact) mass is 255 g/mol. The van der Waals surface area contributed by atoms with Gasteiger partial charge in [-0.25, -0.2) is 0 Å². The first-order valence-corrected chi connectivity index (χ1v) is 7.22. The lowest BCUT2D eigenvalue weighted by Crippen LogP contribution is -2.55. The highest BCUT2D eigenvalue weighted by Gasteiger charge is 2.29. The zero-order valence-corrected chi connectivity index (χ0v) is 12.4.